The van der Waals surface area contributed by atoms with E-state index in [9.17, 15) is 14.4 Å². The summed E-state index contributed by atoms with van der Waals surface area (Å²) in [7, 11) is 0. The Kier molecular flexibility index (Phi) is 9.98. The van der Waals surface area contributed by atoms with Crippen LogP contribution in [-0.4, -0.2) is 46.3 Å². The van der Waals surface area contributed by atoms with E-state index in [0.717, 1.165) is 9.75 Å². The van der Waals surface area contributed by atoms with Gasteiger partial charge in [0.2, 0.25) is 5.91 Å². The summed E-state index contributed by atoms with van der Waals surface area (Å²) in [5, 5.41) is 17.7. The Labute approximate surface area is 196 Å². The minimum absolute atomic E-state index is 0.191. The minimum atomic E-state index is -1.08. The molecule has 0 aromatic carbocycles. The number of ether oxygens (including phenoxy) is 1. The van der Waals surface area contributed by atoms with Crippen molar-refractivity contribution in [1.82, 2.24) is 15.5 Å². The Morgan fingerprint density at radius 2 is 1.66 bits per heavy atom. The van der Waals surface area contributed by atoms with E-state index in [1.807, 2.05) is 35.0 Å². The molecule has 3 N–H and O–H groups in total. The molecular formula is C22H31N3O5S2. The maximum absolute atomic E-state index is 13.5. The van der Waals surface area contributed by atoms with Gasteiger partial charge in [-0.25, -0.2) is 9.59 Å². The predicted molar refractivity (Wildman–Crippen MR) is 126 cm³/mol. The molecule has 0 saturated heterocycles. The maximum Gasteiger partial charge on any atom is 0.408 e. The smallest absolute Gasteiger partial charge is 0.408 e. The number of nitrogens with one attached hydrogen (secondary N) is 2. The molecule has 176 valence electrons. The quantitative estimate of drug-likeness (QED) is 0.404. The van der Waals surface area contributed by atoms with E-state index in [1.54, 1.807) is 48.3 Å². The van der Waals surface area contributed by atoms with Crippen LogP contribution in [-0.2, 0) is 22.6 Å². The summed E-state index contributed by atoms with van der Waals surface area (Å²) in [6.07, 6.45) is -0.223. The molecule has 2 aromatic rings. The molecule has 0 spiro atoms. The molecule has 2 aromatic heterocycles. The standard InChI is InChI=1S/C22H31N3O5S2/c1-22(2,3)30-21(29)24-18(10-4-5-11-23-20(27)28)19(26)25(14-16-8-6-12-31-16)15-17-9-7-13-32-17/h6-9,12-13,18,23H,4-5,10-11,14-15H2,1-3H3,(H,24,29)(H,27,28)/t18-/m1/s1. The van der Waals surface area contributed by atoms with Gasteiger partial charge in [-0.1, -0.05) is 12.1 Å². The highest BCUT2D eigenvalue weighted by Crippen LogP contribution is 2.19. The van der Waals surface area contributed by atoms with Gasteiger partial charge < -0.3 is 25.4 Å². The normalized spacial score (nSPS) is 12.1. The van der Waals surface area contributed by atoms with Crippen molar-refractivity contribution in [2.45, 2.75) is 64.8 Å². The van der Waals surface area contributed by atoms with Crippen LogP contribution in [0.25, 0.3) is 0 Å². The Balaban J connectivity index is 2.12. The average molecular weight is 482 g/mol. The summed E-state index contributed by atoms with van der Waals surface area (Å²) in [5.74, 6) is -0.191. The molecule has 2 heterocycles. The molecule has 0 aliphatic carbocycles. The van der Waals surface area contributed by atoms with Gasteiger partial charge in [0.25, 0.3) is 0 Å². The van der Waals surface area contributed by atoms with Crippen molar-refractivity contribution in [2.75, 3.05) is 6.54 Å². The van der Waals surface area contributed by atoms with Gasteiger partial charge in [0.05, 0.1) is 13.1 Å². The number of thiophene rings is 2. The summed E-state index contributed by atoms with van der Waals surface area (Å²) >= 11 is 3.15. The van der Waals surface area contributed by atoms with E-state index in [4.69, 9.17) is 9.84 Å². The van der Waals surface area contributed by atoms with Crippen LogP contribution in [0.1, 0.15) is 49.8 Å². The van der Waals surface area contributed by atoms with E-state index in [1.165, 1.54) is 0 Å². The topological polar surface area (TPSA) is 108 Å². The van der Waals surface area contributed by atoms with Crippen molar-refractivity contribution in [3.63, 3.8) is 0 Å². The van der Waals surface area contributed by atoms with Crippen molar-refractivity contribution in [3.8, 4) is 0 Å². The molecule has 0 bridgehead atoms. The lowest BCUT2D eigenvalue weighted by Crippen LogP contribution is -2.49. The fraction of sp³-hybridized carbons (Fsp3) is 0.500. The highest BCUT2D eigenvalue weighted by molar-refractivity contribution is 7.10. The number of hydrogen-bond donors (Lipinski definition) is 3. The first-order valence-electron chi connectivity index (χ1n) is 10.4. The summed E-state index contributed by atoms with van der Waals surface area (Å²) in [5.41, 5.74) is -0.684. The zero-order valence-corrected chi connectivity index (χ0v) is 20.3. The number of hydrogen-bond acceptors (Lipinski definition) is 6. The van der Waals surface area contributed by atoms with Crippen LogP contribution in [0.5, 0.6) is 0 Å². The number of rotatable bonds is 11. The zero-order valence-electron chi connectivity index (χ0n) is 18.6. The molecule has 0 unspecified atom stereocenters. The van der Waals surface area contributed by atoms with E-state index < -0.39 is 23.8 Å². The van der Waals surface area contributed by atoms with Crippen molar-refractivity contribution >= 4 is 40.8 Å². The second kappa shape index (κ2) is 12.4. The molecule has 1 atom stereocenters. The number of alkyl carbamates (subject to hydrolysis) is 1. The van der Waals surface area contributed by atoms with Crippen molar-refractivity contribution < 1.29 is 24.2 Å². The fourth-order valence-corrected chi connectivity index (χ4v) is 4.43. The molecule has 8 nitrogen and oxygen atoms in total. The van der Waals surface area contributed by atoms with Crippen LogP contribution in [0.3, 0.4) is 0 Å². The molecule has 3 amide bonds. The lowest BCUT2D eigenvalue weighted by molar-refractivity contribution is -0.134. The molecule has 2 rings (SSSR count). The molecular weight excluding hydrogens is 450 g/mol. The van der Waals surface area contributed by atoms with Gasteiger partial charge >= 0.3 is 12.2 Å². The molecule has 0 aliphatic heterocycles. The van der Waals surface area contributed by atoms with Crippen molar-refractivity contribution in [1.29, 1.82) is 0 Å². The number of carboxylic acid groups (broad SMARTS) is 1. The zero-order chi connectivity index (χ0) is 23.6. The summed E-state index contributed by atoms with van der Waals surface area (Å²) in [4.78, 5) is 40.4. The van der Waals surface area contributed by atoms with Crippen molar-refractivity contribution in [2.24, 2.45) is 0 Å². The average Bonchev–Trinajstić information content (AvgIpc) is 3.38. The number of amides is 3. The number of carbonyl (C=O) groups excluding carboxylic acids is 2. The number of unbranched alkanes of at least 4 members (excludes halogenated alkanes) is 1. The third kappa shape index (κ3) is 9.69. The SMILES string of the molecule is CC(C)(C)OC(=O)N[C@H](CCCCNC(=O)O)C(=O)N(Cc1cccs1)Cc1cccs1. The van der Waals surface area contributed by atoms with Gasteiger partial charge in [-0.15, -0.1) is 22.7 Å². The Morgan fingerprint density at radius 3 is 2.12 bits per heavy atom. The van der Waals surface area contributed by atoms with Crippen LogP contribution in [0.4, 0.5) is 9.59 Å². The van der Waals surface area contributed by atoms with Gasteiger partial charge in [0, 0.05) is 16.3 Å². The van der Waals surface area contributed by atoms with Gasteiger partial charge in [-0.05, 0) is 62.9 Å². The highest BCUT2D eigenvalue weighted by atomic mass is 32.1. The lowest BCUT2D eigenvalue weighted by atomic mass is 10.1. The number of carbonyl (C=O) groups is 3. The molecule has 32 heavy (non-hydrogen) atoms. The van der Waals surface area contributed by atoms with Crippen LogP contribution >= 0.6 is 22.7 Å². The van der Waals surface area contributed by atoms with Crippen LogP contribution in [0, 0.1) is 0 Å². The Bertz CT molecular complexity index is 811. The second-order valence-corrected chi connectivity index (χ2v) is 10.3. The molecule has 0 saturated carbocycles. The molecule has 0 aliphatic rings. The maximum atomic E-state index is 13.5. The van der Waals surface area contributed by atoms with Crippen LogP contribution in [0.2, 0.25) is 0 Å². The van der Waals surface area contributed by atoms with E-state index in [0.29, 0.717) is 32.4 Å². The third-order valence-electron chi connectivity index (χ3n) is 4.35. The van der Waals surface area contributed by atoms with Gasteiger partial charge in [-0.3, -0.25) is 4.79 Å². The summed E-state index contributed by atoms with van der Waals surface area (Å²) in [6, 6.07) is 7.08. The first-order valence-corrected chi connectivity index (χ1v) is 12.2. The van der Waals surface area contributed by atoms with Crippen molar-refractivity contribution in [3.05, 3.63) is 44.8 Å². The van der Waals surface area contributed by atoms with E-state index >= 15 is 0 Å². The highest BCUT2D eigenvalue weighted by Gasteiger charge is 2.28. The monoisotopic (exact) mass is 481 g/mol. The van der Waals surface area contributed by atoms with Gasteiger partial charge in [0.1, 0.15) is 11.6 Å². The van der Waals surface area contributed by atoms with E-state index in [2.05, 4.69) is 10.6 Å². The Hall–Kier alpha value is -2.59. The first-order chi connectivity index (χ1) is 15.1. The predicted octanol–water partition coefficient (Wildman–Crippen LogP) is 4.67. The lowest BCUT2D eigenvalue weighted by Gasteiger charge is -2.28. The minimum Gasteiger partial charge on any atom is -0.465 e. The van der Waals surface area contributed by atoms with E-state index in [-0.39, 0.29) is 12.5 Å². The summed E-state index contributed by atoms with van der Waals surface area (Å²) in [6.45, 7) is 6.47. The molecule has 0 radical (unpaired) electrons. The largest absolute Gasteiger partial charge is 0.465 e. The number of nitrogens with zero attached hydrogens (tertiary/aromatic N) is 1. The summed E-state index contributed by atoms with van der Waals surface area (Å²) < 4.78 is 5.36. The van der Waals surface area contributed by atoms with Gasteiger partial charge in [-0.2, -0.15) is 0 Å². The third-order valence-corrected chi connectivity index (χ3v) is 6.07. The fourth-order valence-electron chi connectivity index (χ4n) is 2.99. The molecule has 0 fully saturated rings. The first kappa shape index (κ1) is 25.7. The molecule has 10 heteroatoms. The second-order valence-electron chi connectivity index (χ2n) is 8.28. The van der Waals surface area contributed by atoms with Crippen LogP contribution in [0.15, 0.2) is 35.0 Å². The van der Waals surface area contributed by atoms with Gasteiger partial charge in [0.15, 0.2) is 0 Å². The van der Waals surface area contributed by atoms with Crippen LogP contribution < -0.4 is 10.6 Å². The Morgan fingerprint density at radius 1 is 1.06 bits per heavy atom.